The third-order valence-electron chi connectivity index (χ3n) is 7.26. The first kappa shape index (κ1) is 24.5. The lowest BCUT2D eigenvalue weighted by Gasteiger charge is -2.30. The van der Waals surface area contributed by atoms with Gasteiger partial charge in [0.05, 0.1) is 28.8 Å². The van der Waals surface area contributed by atoms with E-state index in [1.165, 1.54) is 16.4 Å². The van der Waals surface area contributed by atoms with Crippen LogP contribution in [0.4, 0.5) is 0 Å². The number of furan rings is 1. The van der Waals surface area contributed by atoms with Gasteiger partial charge in [-0.15, -0.1) is 0 Å². The summed E-state index contributed by atoms with van der Waals surface area (Å²) in [6, 6.07) is 8.07. The number of carbonyl (C=O) groups excluding carboxylic acids is 1. The van der Waals surface area contributed by atoms with Crippen molar-refractivity contribution in [2.24, 2.45) is 11.8 Å². The van der Waals surface area contributed by atoms with E-state index in [0.717, 1.165) is 18.5 Å². The summed E-state index contributed by atoms with van der Waals surface area (Å²) in [6.07, 6.45) is 4.65. The molecular formula is C26H29N3O6S. The highest BCUT2D eigenvalue weighted by Gasteiger charge is 2.33. The number of rotatable bonds is 6. The summed E-state index contributed by atoms with van der Waals surface area (Å²) >= 11 is 0. The molecule has 2 aliphatic rings. The van der Waals surface area contributed by atoms with Crippen molar-refractivity contribution in [2.75, 3.05) is 13.1 Å². The Hall–Kier alpha value is -3.24. The van der Waals surface area contributed by atoms with Gasteiger partial charge in [0, 0.05) is 30.1 Å². The number of piperidine rings is 1. The average Bonchev–Trinajstić information content (AvgIpc) is 3.39. The van der Waals surface area contributed by atoms with Crippen LogP contribution in [0.1, 0.15) is 53.6 Å². The Morgan fingerprint density at radius 3 is 2.67 bits per heavy atom. The van der Waals surface area contributed by atoms with Gasteiger partial charge >= 0.3 is 5.97 Å². The predicted molar refractivity (Wildman–Crippen MR) is 132 cm³/mol. The van der Waals surface area contributed by atoms with Gasteiger partial charge in [-0.1, -0.05) is 6.92 Å². The van der Waals surface area contributed by atoms with Crippen LogP contribution in [0, 0.1) is 11.8 Å². The molecule has 0 radical (unpaired) electrons. The number of hydrogen-bond acceptors (Lipinski definition) is 6. The van der Waals surface area contributed by atoms with E-state index in [4.69, 9.17) is 4.42 Å². The lowest BCUT2D eigenvalue weighted by atomic mass is 9.84. The zero-order valence-corrected chi connectivity index (χ0v) is 20.9. The monoisotopic (exact) mass is 511 g/mol. The van der Waals surface area contributed by atoms with Gasteiger partial charge in [-0.05, 0) is 73.9 Å². The Bertz CT molecular complexity index is 1410. The molecule has 0 spiro atoms. The van der Waals surface area contributed by atoms with Gasteiger partial charge in [0.1, 0.15) is 5.76 Å². The number of nitrogens with zero attached hydrogens (tertiary/aromatic N) is 2. The molecule has 2 N–H and O–H groups in total. The Balaban J connectivity index is 1.35. The van der Waals surface area contributed by atoms with Crippen molar-refractivity contribution in [3.8, 4) is 0 Å². The van der Waals surface area contributed by atoms with Crippen LogP contribution in [0.15, 0.2) is 45.9 Å². The molecule has 36 heavy (non-hydrogen) atoms. The summed E-state index contributed by atoms with van der Waals surface area (Å²) in [4.78, 5) is 29.5. The molecule has 5 rings (SSSR count). The van der Waals surface area contributed by atoms with Crippen LogP contribution in [-0.2, 0) is 34.2 Å². The molecule has 2 aromatic heterocycles. The maximum atomic E-state index is 13.5. The summed E-state index contributed by atoms with van der Waals surface area (Å²) < 4.78 is 33.5. The van der Waals surface area contributed by atoms with Crippen LogP contribution in [-0.4, -0.2) is 47.8 Å². The van der Waals surface area contributed by atoms with E-state index >= 15 is 0 Å². The Morgan fingerprint density at radius 1 is 1.19 bits per heavy atom. The van der Waals surface area contributed by atoms with Crippen LogP contribution >= 0.6 is 0 Å². The average molecular weight is 512 g/mol. The quantitative estimate of drug-likeness (QED) is 0.519. The van der Waals surface area contributed by atoms with Crippen LogP contribution in [0.2, 0.25) is 0 Å². The molecule has 1 fully saturated rings. The Morgan fingerprint density at radius 2 is 1.97 bits per heavy atom. The molecule has 1 amide bonds. The summed E-state index contributed by atoms with van der Waals surface area (Å²) in [5, 5.41) is 13.2. The smallest absolute Gasteiger partial charge is 0.336 e. The molecular weight excluding hydrogens is 482 g/mol. The normalized spacial score (nSPS) is 19.2. The Labute approximate surface area is 209 Å². The molecule has 9 nitrogen and oxygen atoms in total. The minimum atomic E-state index is -3.86. The fraction of sp³-hybridized carbons (Fsp3) is 0.423. The van der Waals surface area contributed by atoms with Crippen molar-refractivity contribution in [1.82, 2.24) is 14.6 Å². The topological polar surface area (TPSA) is 130 Å². The highest BCUT2D eigenvalue weighted by Crippen LogP contribution is 2.33. The number of sulfonamides is 1. The lowest BCUT2D eigenvalue weighted by molar-refractivity contribution is -0.126. The zero-order chi connectivity index (χ0) is 25.4. The van der Waals surface area contributed by atoms with E-state index < -0.39 is 16.0 Å². The Kier molecular flexibility index (Phi) is 6.57. The number of fused-ring (bicyclic) bond motifs is 2. The van der Waals surface area contributed by atoms with Gasteiger partial charge in [0.15, 0.2) is 0 Å². The number of carbonyl (C=O) groups is 2. The number of aryl methyl sites for hydroxylation is 1. The van der Waals surface area contributed by atoms with E-state index in [0.29, 0.717) is 54.0 Å². The molecule has 3 aromatic rings. The van der Waals surface area contributed by atoms with E-state index in [-0.39, 0.29) is 35.4 Å². The largest absolute Gasteiger partial charge is 0.478 e. The van der Waals surface area contributed by atoms with E-state index in [2.05, 4.69) is 17.2 Å². The second kappa shape index (κ2) is 9.67. The highest BCUT2D eigenvalue weighted by atomic mass is 32.2. The first-order chi connectivity index (χ1) is 17.2. The molecule has 1 aliphatic heterocycles. The molecule has 1 saturated heterocycles. The molecule has 10 heteroatoms. The van der Waals surface area contributed by atoms with Gasteiger partial charge in [0.25, 0.3) is 0 Å². The zero-order valence-electron chi connectivity index (χ0n) is 20.1. The third-order valence-corrected chi connectivity index (χ3v) is 9.16. The first-order valence-corrected chi connectivity index (χ1v) is 13.7. The number of pyridine rings is 1. The number of nitrogens with one attached hydrogen (secondary N) is 1. The van der Waals surface area contributed by atoms with Crippen molar-refractivity contribution in [1.29, 1.82) is 0 Å². The predicted octanol–water partition coefficient (Wildman–Crippen LogP) is 3.37. The van der Waals surface area contributed by atoms with Crippen LogP contribution in [0.25, 0.3) is 10.9 Å². The summed E-state index contributed by atoms with van der Waals surface area (Å²) in [5.41, 5.74) is 2.16. The first-order valence-electron chi connectivity index (χ1n) is 12.2. The maximum absolute atomic E-state index is 13.5. The standard InChI is InChI=1S/C26H29N3O6S/c1-16-4-6-22-20(13-16)24(26(31)32)21-14-19(5-7-23(21)28-22)36(33,34)29-10-8-17(9-11-29)25(30)27-15-18-3-2-12-35-18/h2-3,5,7,12,14,16-17H,4,6,8-11,13,15H2,1H3,(H,27,30)(H,31,32). The number of amides is 1. The number of hydrogen-bond donors (Lipinski definition) is 2. The van der Waals surface area contributed by atoms with Crippen molar-refractivity contribution >= 4 is 32.8 Å². The van der Waals surface area contributed by atoms with Crippen molar-refractivity contribution in [3.63, 3.8) is 0 Å². The van der Waals surface area contributed by atoms with Gasteiger partial charge < -0.3 is 14.8 Å². The molecule has 1 unspecified atom stereocenters. The molecule has 1 aliphatic carbocycles. The fourth-order valence-corrected chi connectivity index (χ4v) is 6.73. The number of aromatic nitrogens is 1. The molecule has 190 valence electrons. The minimum Gasteiger partial charge on any atom is -0.478 e. The van der Waals surface area contributed by atoms with E-state index in [9.17, 15) is 23.1 Å². The van der Waals surface area contributed by atoms with Crippen LogP contribution in [0.3, 0.4) is 0 Å². The van der Waals surface area contributed by atoms with Gasteiger partial charge in [-0.2, -0.15) is 4.31 Å². The van der Waals surface area contributed by atoms with Crippen LogP contribution in [0.5, 0.6) is 0 Å². The van der Waals surface area contributed by atoms with Gasteiger partial charge in [-0.3, -0.25) is 9.78 Å². The fourth-order valence-electron chi connectivity index (χ4n) is 5.24. The van der Waals surface area contributed by atoms with Crippen LogP contribution < -0.4 is 5.32 Å². The van der Waals surface area contributed by atoms with Crippen molar-refractivity contribution in [3.05, 3.63) is 59.2 Å². The second-order valence-electron chi connectivity index (χ2n) is 9.72. The molecule has 1 aromatic carbocycles. The number of carboxylic acid groups (broad SMARTS) is 1. The summed E-state index contributed by atoms with van der Waals surface area (Å²) in [5.74, 6) is -0.460. The van der Waals surface area contributed by atoms with Gasteiger partial charge in [0.2, 0.25) is 15.9 Å². The molecule has 1 atom stereocenters. The van der Waals surface area contributed by atoms with Crippen molar-refractivity contribution < 1.29 is 27.5 Å². The van der Waals surface area contributed by atoms with Gasteiger partial charge in [-0.25, -0.2) is 13.2 Å². The third kappa shape index (κ3) is 4.62. The number of aromatic carboxylic acids is 1. The second-order valence-corrected chi connectivity index (χ2v) is 11.7. The summed E-state index contributed by atoms with van der Waals surface area (Å²) in [6.45, 7) is 2.81. The van der Waals surface area contributed by atoms with Crippen molar-refractivity contribution in [2.45, 2.75) is 50.5 Å². The van der Waals surface area contributed by atoms with E-state index in [1.54, 1.807) is 24.5 Å². The van der Waals surface area contributed by atoms with E-state index in [1.807, 2.05) is 0 Å². The summed E-state index contributed by atoms with van der Waals surface area (Å²) in [7, 11) is -3.86. The maximum Gasteiger partial charge on any atom is 0.336 e. The number of carboxylic acids is 1. The molecule has 3 heterocycles. The number of benzene rings is 1. The highest BCUT2D eigenvalue weighted by molar-refractivity contribution is 7.89. The lowest BCUT2D eigenvalue weighted by Crippen LogP contribution is -2.42. The SMILES string of the molecule is CC1CCc2nc3ccc(S(=O)(=O)N4CCC(C(=O)NCc5ccco5)CC4)cc3c(C(=O)O)c2C1. The minimum absolute atomic E-state index is 0.0452. The molecule has 0 bridgehead atoms. The molecule has 0 saturated carbocycles.